The first kappa shape index (κ1) is 17.3. The number of carbonyl (C=O) groups is 2. The molecule has 2 aromatic rings. The van der Waals surface area contributed by atoms with Gasteiger partial charge in [-0.3, -0.25) is 9.59 Å². The molecule has 2 atom stereocenters. The van der Waals surface area contributed by atoms with E-state index in [-0.39, 0.29) is 24.3 Å². The van der Waals surface area contributed by atoms with Crippen LogP contribution in [0, 0.1) is 25.7 Å². The highest BCUT2D eigenvalue weighted by Crippen LogP contribution is 2.38. The fraction of sp³-hybridized carbons (Fsp3) is 0.400. The fourth-order valence-electron chi connectivity index (χ4n) is 3.15. The zero-order valence-corrected chi connectivity index (χ0v) is 15.0. The third kappa shape index (κ3) is 3.45. The summed E-state index contributed by atoms with van der Waals surface area (Å²) in [6.45, 7) is 5.66. The van der Waals surface area contributed by atoms with Crippen LogP contribution in [0.5, 0.6) is 5.75 Å². The molecule has 0 spiro atoms. The molecular formula is C20H23NO4. The van der Waals surface area contributed by atoms with E-state index in [4.69, 9.17) is 9.47 Å². The maximum Gasteiger partial charge on any atom is 0.309 e. The number of hydrogen-bond donors (Lipinski definition) is 0. The molecule has 0 radical (unpaired) electrons. The molecule has 0 bridgehead atoms. The minimum atomic E-state index is -0.259. The van der Waals surface area contributed by atoms with Crippen molar-refractivity contribution in [1.29, 1.82) is 0 Å². The largest absolute Gasteiger partial charge is 0.497 e. The van der Waals surface area contributed by atoms with E-state index in [1.807, 2.05) is 55.7 Å². The second-order valence-electron chi connectivity index (χ2n) is 6.67. The number of aryl methyl sites for hydroxylation is 1. The number of benzene rings is 1. The summed E-state index contributed by atoms with van der Waals surface area (Å²) in [5, 5.41) is 0. The number of hydrogen-bond acceptors (Lipinski definition) is 4. The lowest BCUT2D eigenvalue weighted by Gasteiger charge is -2.11. The Hall–Kier alpha value is -2.56. The number of nitrogens with zero attached hydrogens (tertiary/aromatic N) is 1. The number of Topliss-reactive ketones (excluding diaryl/α,β-unsaturated/α-hetero) is 1. The number of carbonyl (C=O) groups excluding carboxylic acids is 2. The molecule has 5 heteroatoms. The fourth-order valence-corrected chi connectivity index (χ4v) is 3.15. The van der Waals surface area contributed by atoms with Gasteiger partial charge in [0, 0.05) is 22.6 Å². The van der Waals surface area contributed by atoms with Crippen LogP contribution >= 0.6 is 0 Å². The van der Waals surface area contributed by atoms with Crippen LogP contribution in [0.2, 0.25) is 0 Å². The van der Waals surface area contributed by atoms with Gasteiger partial charge in [0.15, 0.2) is 6.61 Å². The summed E-state index contributed by atoms with van der Waals surface area (Å²) in [5.74, 6) is 0.699. The monoisotopic (exact) mass is 341 g/mol. The van der Waals surface area contributed by atoms with E-state index < -0.39 is 0 Å². The van der Waals surface area contributed by atoms with Gasteiger partial charge in [0.25, 0.3) is 0 Å². The molecule has 1 aliphatic rings. The molecule has 25 heavy (non-hydrogen) atoms. The van der Waals surface area contributed by atoms with E-state index in [1.165, 1.54) is 0 Å². The molecule has 3 rings (SSSR count). The molecule has 0 amide bonds. The van der Waals surface area contributed by atoms with Crippen LogP contribution in [-0.2, 0) is 9.53 Å². The summed E-state index contributed by atoms with van der Waals surface area (Å²) in [5.41, 5.74) is 3.33. The van der Waals surface area contributed by atoms with Crippen LogP contribution in [0.4, 0.5) is 0 Å². The van der Waals surface area contributed by atoms with Gasteiger partial charge in [-0.1, -0.05) is 6.92 Å². The molecular weight excluding hydrogens is 318 g/mol. The van der Waals surface area contributed by atoms with Gasteiger partial charge in [-0.05, 0) is 56.5 Å². The Bertz CT molecular complexity index is 804. The normalized spacial score (nSPS) is 18.7. The van der Waals surface area contributed by atoms with Crippen LogP contribution < -0.4 is 4.74 Å². The summed E-state index contributed by atoms with van der Waals surface area (Å²) in [7, 11) is 1.63. The Kier molecular flexibility index (Phi) is 4.66. The highest BCUT2D eigenvalue weighted by atomic mass is 16.5. The molecule has 1 saturated carbocycles. The first-order valence-corrected chi connectivity index (χ1v) is 8.45. The van der Waals surface area contributed by atoms with Crippen LogP contribution in [0.1, 0.15) is 35.1 Å². The summed E-state index contributed by atoms with van der Waals surface area (Å²) in [4.78, 5) is 24.3. The van der Waals surface area contributed by atoms with Crippen LogP contribution in [0.15, 0.2) is 30.3 Å². The molecule has 1 aromatic heterocycles. The predicted molar refractivity (Wildman–Crippen MR) is 94.4 cm³/mol. The first-order valence-electron chi connectivity index (χ1n) is 8.45. The van der Waals surface area contributed by atoms with Gasteiger partial charge < -0.3 is 14.0 Å². The molecule has 0 aliphatic heterocycles. The summed E-state index contributed by atoms with van der Waals surface area (Å²) >= 11 is 0. The number of rotatable bonds is 6. The molecule has 1 fully saturated rings. The van der Waals surface area contributed by atoms with Gasteiger partial charge in [-0.25, -0.2) is 0 Å². The van der Waals surface area contributed by atoms with E-state index in [0.717, 1.165) is 29.2 Å². The molecule has 132 valence electrons. The minimum absolute atomic E-state index is 0.0282. The zero-order valence-electron chi connectivity index (χ0n) is 15.0. The predicted octanol–water partition coefficient (Wildman–Crippen LogP) is 3.48. The Labute approximate surface area is 147 Å². The maximum atomic E-state index is 12.5. The number of ketones is 1. The summed E-state index contributed by atoms with van der Waals surface area (Å²) < 4.78 is 12.4. The first-order chi connectivity index (χ1) is 11.9. The molecule has 5 nitrogen and oxygen atoms in total. The van der Waals surface area contributed by atoms with E-state index in [1.54, 1.807) is 7.11 Å². The quantitative estimate of drug-likeness (QED) is 0.596. The van der Waals surface area contributed by atoms with Gasteiger partial charge in [0.2, 0.25) is 5.78 Å². The minimum Gasteiger partial charge on any atom is -0.497 e. The van der Waals surface area contributed by atoms with Crippen molar-refractivity contribution in [1.82, 2.24) is 4.57 Å². The molecule has 1 aliphatic carbocycles. The second-order valence-corrected chi connectivity index (χ2v) is 6.67. The third-order valence-corrected chi connectivity index (χ3v) is 4.82. The standard InChI is InChI=1S/C20H23NO4/c1-12-9-17(12)20(23)25-11-19(22)18-10-13(2)21(14(18)3)15-5-7-16(24-4)8-6-15/h5-8,10,12,17H,9,11H2,1-4H3/t12-,17-/m0/s1. The topological polar surface area (TPSA) is 57.5 Å². The number of esters is 1. The molecule has 0 unspecified atom stereocenters. The lowest BCUT2D eigenvalue weighted by molar-refractivity contribution is -0.144. The number of ether oxygens (including phenoxy) is 2. The van der Waals surface area contributed by atoms with Gasteiger partial charge in [-0.2, -0.15) is 0 Å². The number of methoxy groups -OCH3 is 1. The molecule has 1 heterocycles. The molecule has 0 saturated heterocycles. The van der Waals surface area contributed by atoms with E-state index in [0.29, 0.717) is 11.5 Å². The highest BCUT2D eigenvalue weighted by molar-refractivity contribution is 5.99. The van der Waals surface area contributed by atoms with Crippen molar-refractivity contribution >= 4 is 11.8 Å². The molecule has 1 aromatic carbocycles. The van der Waals surface area contributed by atoms with Crippen molar-refractivity contribution in [2.24, 2.45) is 11.8 Å². The lowest BCUT2D eigenvalue weighted by Crippen LogP contribution is -2.16. The molecule has 0 N–H and O–H groups in total. The SMILES string of the molecule is COc1ccc(-n2c(C)cc(C(=O)COC(=O)[C@H]3C[C@@H]3C)c2C)cc1. The summed E-state index contributed by atoms with van der Waals surface area (Å²) in [6.07, 6.45) is 0.860. The van der Waals surface area contributed by atoms with Gasteiger partial charge >= 0.3 is 5.97 Å². The van der Waals surface area contributed by atoms with Crippen molar-refractivity contribution in [3.8, 4) is 11.4 Å². The van der Waals surface area contributed by atoms with Crippen molar-refractivity contribution < 1.29 is 19.1 Å². The van der Waals surface area contributed by atoms with Crippen LogP contribution in [0.3, 0.4) is 0 Å². The average Bonchev–Trinajstić information content (AvgIpc) is 3.26. The van der Waals surface area contributed by atoms with Gasteiger partial charge in [0.05, 0.1) is 13.0 Å². The van der Waals surface area contributed by atoms with Crippen molar-refractivity contribution in [2.75, 3.05) is 13.7 Å². The van der Waals surface area contributed by atoms with Crippen molar-refractivity contribution in [2.45, 2.75) is 27.2 Å². The lowest BCUT2D eigenvalue weighted by atomic mass is 10.1. The van der Waals surface area contributed by atoms with E-state index >= 15 is 0 Å². The zero-order chi connectivity index (χ0) is 18.1. The van der Waals surface area contributed by atoms with Crippen molar-refractivity contribution in [3.63, 3.8) is 0 Å². The van der Waals surface area contributed by atoms with Crippen molar-refractivity contribution in [3.05, 3.63) is 47.3 Å². The second kappa shape index (κ2) is 6.75. The smallest absolute Gasteiger partial charge is 0.309 e. The summed E-state index contributed by atoms with van der Waals surface area (Å²) in [6, 6.07) is 9.50. The highest BCUT2D eigenvalue weighted by Gasteiger charge is 2.40. The van der Waals surface area contributed by atoms with E-state index in [9.17, 15) is 9.59 Å². The van der Waals surface area contributed by atoms with Crippen LogP contribution in [0.25, 0.3) is 5.69 Å². The average molecular weight is 341 g/mol. The maximum absolute atomic E-state index is 12.5. The Balaban J connectivity index is 1.76. The third-order valence-electron chi connectivity index (χ3n) is 4.82. The Morgan fingerprint density at radius 2 is 1.84 bits per heavy atom. The van der Waals surface area contributed by atoms with E-state index in [2.05, 4.69) is 0 Å². The number of aromatic nitrogens is 1. The Morgan fingerprint density at radius 3 is 2.40 bits per heavy atom. The van der Waals surface area contributed by atoms with Gasteiger partial charge in [0.1, 0.15) is 5.75 Å². The Morgan fingerprint density at radius 1 is 1.20 bits per heavy atom. The van der Waals surface area contributed by atoms with Crippen LogP contribution in [-0.4, -0.2) is 30.0 Å². The van der Waals surface area contributed by atoms with Gasteiger partial charge in [-0.15, -0.1) is 0 Å².